The molecule has 0 bridgehead atoms. The number of amides is 1. The van der Waals surface area contributed by atoms with E-state index in [1.165, 1.54) is 23.6 Å². The molecule has 2 aliphatic heterocycles. The number of aliphatic carboxylic acids is 1. The van der Waals surface area contributed by atoms with Crippen molar-refractivity contribution >= 4 is 29.4 Å². The normalized spacial score (nSPS) is 17.4. The summed E-state index contributed by atoms with van der Waals surface area (Å²) in [7, 11) is 0. The molecule has 0 aliphatic carbocycles. The first-order valence-electron chi connectivity index (χ1n) is 7.97. The zero-order valence-electron chi connectivity index (χ0n) is 14.9. The van der Waals surface area contributed by atoms with Gasteiger partial charge in [-0.05, 0) is 20.3 Å². The molecule has 2 rings (SSSR count). The largest absolute Gasteiger partial charge is 0.477 e. The SMILES string of the molecule is CC.CC.CC(=O)CCC1=C(C(=O)O)N2C(=O)CC2S1.CCO. The number of carbonyl (C=O) groups is 3. The minimum atomic E-state index is -1.08. The van der Waals surface area contributed by atoms with Crippen LogP contribution < -0.4 is 0 Å². The maximum atomic E-state index is 11.3. The highest BCUT2D eigenvalue weighted by molar-refractivity contribution is 8.04. The fraction of sp³-hybridized carbons (Fsp3) is 0.688. The second-order valence-electron chi connectivity index (χ2n) is 4.14. The molecule has 2 aliphatic rings. The summed E-state index contributed by atoms with van der Waals surface area (Å²) in [4.78, 5) is 35.1. The lowest BCUT2D eigenvalue weighted by atomic mass is 10.1. The number of fused-ring (bicyclic) bond motifs is 1. The minimum Gasteiger partial charge on any atom is -0.477 e. The summed E-state index contributed by atoms with van der Waals surface area (Å²) in [6.07, 6.45) is 1.14. The number of hydrogen-bond donors (Lipinski definition) is 2. The first-order valence-corrected chi connectivity index (χ1v) is 8.85. The standard InChI is InChI=1S/C10H11NO4S.C2H6O.2C2H6/c1-5(12)2-3-6-9(10(14)15)11-7(13)4-8(11)16-6;1-2-3;2*1-2/h8H,2-4H2,1H3,(H,14,15);3H,2H2,1H3;2*1-2H3. The first-order chi connectivity index (χ1) is 10.9. The smallest absolute Gasteiger partial charge is 0.353 e. The Morgan fingerprint density at radius 3 is 2.09 bits per heavy atom. The summed E-state index contributed by atoms with van der Waals surface area (Å²) in [6, 6.07) is 0. The van der Waals surface area contributed by atoms with Crippen LogP contribution in [0.1, 0.15) is 60.8 Å². The van der Waals surface area contributed by atoms with E-state index >= 15 is 0 Å². The van der Waals surface area contributed by atoms with Gasteiger partial charge in [-0.2, -0.15) is 0 Å². The molecule has 134 valence electrons. The van der Waals surface area contributed by atoms with Crippen LogP contribution in [0.4, 0.5) is 0 Å². The van der Waals surface area contributed by atoms with Gasteiger partial charge in [0.15, 0.2) is 0 Å². The molecule has 1 fully saturated rings. The number of Topliss-reactive ketones (excluding diaryl/α,β-unsaturated/α-hetero) is 1. The summed E-state index contributed by atoms with van der Waals surface area (Å²) in [5, 5.41) is 16.6. The average Bonchev–Trinajstić information content (AvgIpc) is 2.82. The highest BCUT2D eigenvalue weighted by Gasteiger charge is 2.47. The van der Waals surface area contributed by atoms with Crippen LogP contribution in [-0.4, -0.2) is 44.8 Å². The van der Waals surface area contributed by atoms with E-state index in [1.54, 1.807) is 6.92 Å². The van der Waals surface area contributed by atoms with Crippen LogP contribution in [0.5, 0.6) is 0 Å². The van der Waals surface area contributed by atoms with Crippen molar-refractivity contribution in [3.63, 3.8) is 0 Å². The van der Waals surface area contributed by atoms with Gasteiger partial charge in [0.1, 0.15) is 11.5 Å². The molecule has 7 heteroatoms. The highest BCUT2D eigenvalue weighted by Crippen LogP contribution is 2.47. The van der Waals surface area contributed by atoms with Crippen LogP contribution in [0.15, 0.2) is 10.6 Å². The van der Waals surface area contributed by atoms with Gasteiger partial charge < -0.3 is 15.0 Å². The third kappa shape index (κ3) is 7.18. The van der Waals surface area contributed by atoms with Crippen LogP contribution in [0.3, 0.4) is 0 Å². The zero-order chi connectivity index (χ0) is 18.6. The van der Waals surface area contributed by atoms with Crippen molar-refractivity contribution in [1.29, 1.82) is 0 Å². The van der Waals surface area contributed by atoms with E-state index in [9.17, 15) is 14.4 Å². The maximum Gasteiger partial charge on any atom is 0.353 e. The van der Waals surface area contributed by atoms with Gasteiger partial charge in [-0.1, -0.05) is 27.7 Å². The number of allylic oxidation sites excluding steroid dienone is 1. The monoisotopic (exact) mass is 347 g/mol. The molecule has 0 aromatic heterocycles. The Morgan fingerprint density at radius 2 is 1.74 bits per heavy atom. The Kier molecular flexibility index (Phi) is 13.7. The van der Waals surface area contributed by atoms with Gasteiger partial charge in [0, 0.05) is 17.9 Å². The van der Waals surface area contributed by atoms with E-state index in [1.807, 2.05) is 27.7 Å². The van der Waals surface area contributed by atoms with E-state index in [0.29, 0.717) is 24.2 Å². The fourth-order valence-corrected chi connectivity index (χ4v) is 3.19. The first kappa shape index (κ1) is 23.9. The molecule has 1 amide bonds. The van der Waals surface area contributed by atoms with Crippen molar-refractivity contribution in [3.8, 4) is 0 Å². The van der Waals surface area contributed by atoms with Crippen LogP contribution in [0.25, 0.3) is 0 Å². The third-order valence-corrected chi connectivity index (χ3v) is 3.93. The summed E-state index contributed by atoms with van der Waals surface area (Å²) in [6.45, 7) is 11.4. The van der Waals surface area contributed by atoms with Crippen LogP contribution in [0, 0.1) is 0 Å². The molecular weight excluding hydrogens is 318 g/mol. The van der Waals surface area contributed by atoms with Gasteiger partial charge >= 0.3 is 5.97 Å². The third-order valence-electron chi connectivity index (χ3n) is 2.60. The number of ketones is 1. The second-order valence-corrected chi connectivity index (χ2v) is 5.41. The summed E-state index contributed by atoms with van der Waals surface area (Å²) >= 11 is 1.39. The molecule has 23 heavy (non-hydrogen) atoms. The number of carboxylic acid groups (broad SMARTS) is 1. The number of β-lactam (4-membered cyclic amide) rings is 1. The van der Waals surface area contributed by atoms with Crippen LogP contribution >= 0.6 is 11.8 Å². The quantitative estimate of drug-likeness (QED) is 0.759. The van der Waals surface area contributed by atoms with Gasteiger partial charge in [-0.3, -0.25) is 9.69 Å². The Hall–Kier alpha value is -1.34. The Bertz CT molecular complexity index is 434. The fourth-order valence-electron chi connectivity index (χ4n) is 1.79. The predicted molar refractivity (Wildman–Crippen MR) is 92.9 cm³/mol. The number of aliphatic hydroxyl groups excluding tert-OH is 1. The van der Waals surface area contributed by atoms with E-state index in [2.05, 4.69) is 0 Å². The van der Waals surface area contributed by atoms with E-state index in [0.717, 1.165) is 0 Å². The summed E-state index contributed by atoms with van der Waals surface area (Å²) in [5.74, 6) is -1.20. The van der Waals surface area contributed by atoms with Crippen molar-refractivity contribution < 1.29 is 24.6 Å². The lowest BCUT2D eigenvalue weighted by Gasteiger charge is -2.33. The van der Waals surface area contributed by atoms with Crippen molar-refractivity contribution in [1.82, 2.24) is 4.90 Å². The number of rotatable bonds is 4. The van der Waals surface area contributed by atoms with E-state index < -0.39 is 5.97 Å². The maximum absolute atomic E-state index is 11.3. The van der Waals surface area contributed by atoms with Gasteiger partial charge in [0.25, 0.3) is 0 Å². The molecule has 0 aromatic carbocycles. The Labute approximate surface area is 142 Å². The van der Waals surface area contributed by atoms with E-state index in [4.69, 9.17) is 10.2 Å². The van der Waals surface area contributed by atoms with Crippen molar-refractivity contribution in [2.75, 3.05) is 6.61 Å². The number of carbonyl (C=O) groups excluding carboxylic acids is 2. The summed E-state index contributed by atoms with van der Waals surface area (Å²) < 4.78 is 0. The topological polar surface area (TPSA) is 94.9 Å². The zero-order valence-corrected chi connectivity index (χ0v) is 15.7. The number of hydrogen-bond acceptors (Lipinski definition) is 5. The van der Waals surface area contributed by atoms with Crippen LogP contribution in [0.2, 0.25) is 0 Å². The van der Waals surface area contributed by atoms with Gasteiger partial charge in [0.05, 0.1) is 11.8 Å². The molecule has 2 N–H and O–H groups in total. The molecule has 0 saturated carbocycles. The molecule has 2 heterocycles. The molecule has 0 radical (unpaired) electrons. The Morgan fingerprint density at radius 1 is 1.26 bits per heavy atom. The van der Waals surface area contributed by atoms with E-state index in [-0.39, 0.29) is 29.4 Å². The minimum absolute atomic E-state index is 0.0263. The Balaban J connectivity index is 0. The number of thioether (sulfide) groups is 1. The second kappa shape index (κ2) is 13.1. The molecule has 0 spiro atoms. The molecule has 1 unspecified atom stereocenters. The molecule has 0 aromatic rings. The summed E-state index contributed by atoms with van der Waals surface area (Å²) in [5.41, 5.74) is 0.0764. The average molecular weight is 347 g/mol. The van der Waals surface area contributed by atoms with Crippen molar-refractivity contribution in [3.05, 3.63) is 10.6 Å². The lowest BCUT2D eigenvalue weighted by Crippen LogP contribution is -2.48. The van der Waals surface area contributed by atoms with Gasteiger partial charge in [-0.25, -0.2) is 4.79 Å². The van der Waals surface area contributed by atoms with Crippen molar-refractivity contribution in [2.24, 2.45) is 0 Å². The van der Waals surface area contributed by atoms with Gasteiger partial charge in [-0.15, -0.1) is 11.8 Å². The molecule has 1 saturated heterocycles. The van der Waals surface area contributed by atoms with Crippen molar-refractivity contribution in [2.45, 2.75) is 66.2 Å². The molecular formula is C16H29NO5S. The lowest BCUT2D eigenvalue weighted by molar-refractivity contribution is -0.145. The highest BCUT2D eigenvalue weighted by atomic mass is 32.2. The van der Waals surface area contributed by atoms with Gasteiger partial charge in [0.2, 0.25) is 5.91 Å². The van der Waals surface area contributed by atoms with Crippen LogP contribution in [-0.2, 0) is 14.4 Å². The molecule has 1 atom stereocenters. The number of nitrogens with zero attached hydrogens (tertiary/aromatic N) is 1. The molecule has 6 nitrogen and oxygen atoms in total. The predicted octanol–water partition coefficient (Wildman–Crippen LogP) is 3.01. The number of carboxylic acids is 1. The number of aliphatic hydroxyl groups is 1.